The summed E-state index contributed by atoms with van der Waals surface area (Å²) in [6.45, 7) is 5.77. The molecule has 1 unspecified atom stereocenters. The van der Waals surface area contributed by atoms with Gasteiger partial charge in [-0.15, -0.1) is 11.3 Å². The minimum atomic E-state index is 0.257. The van der Waals surface area contributed by atoms with Crippen LogP contribution in [0.1, 0.15) is 28.4 Å². The van der Waals surface area contributed by atoms with Crippen molar-refractivity contribution in [1.82, 2.24) is 15.2 Å². The summed E-state index contributed by atoms with van der Waals surface area (Å²) in [6, 6.07) is 0.416. The van der Waals surface area contributed by atoms with Gasteiger partial charge in [-0.2, -0.15) is 0 Å². The number of amides is 1. The highest BCUT2D eigenvalue weighted by Crippen LogP contribution is 2.18. The van der Waals surface area contributed by atoms with Gasteiger partial charge in [0.05, 0.1) is 10.7 Å². The van der Waals surface area contributed by atoms with Gasteiger partial charge in [-0.3, -0.25) is 4.79 Å². The average molecular weight is 253 g/mol. The van der Waals surface area contributed by atoms with Gasteiger partial charge in [0, 0.05) is 37.5 Å². The number of likely N-dealkylation sites (N-methyl/N-ethyl adjacent to an activating group) is 1. The molecule has 0 saturated carbocycles. The summed E-state index contributed by atoms with van der Waals surface area (Å²) < 4.78 is 0. The number of aryl methyl sites for hydroxylation is 2. The highest BCUT2D eigenvalue weighted by molar-refractivity contribution is 7.11. The van der Waals surface area contributed by atoms with E-state index in [-0.39, 0.29) is 5.91 Å². The molecule has 94 valence electrons. The van der Waals surface area contributed by atoms with Gasteiger partial charge in [0.1, 0.15) is 0 Å². The molecule has 0 spiro atoms. The van der Waals surface area contributed by atoms with Crippen LogP contribution in [0.3, 0.4) is 0 Å². The molecule has 1 aliphatic heterocycles. The van der Waals surface area contributed by atoms with Gasteiger partial charge in [-0.25, -0.2) is 4.98 Å². The van der Waals surface area contributed by atoms with Crippen molar-refractivity contribution >= 4 is 17.2 Å². The van der Waals surface area contributed by atoms with Crippen molar-refractivity contribution in [3.05, 3.63) is 15.6 Å². The fourth-order valence-corrected chi connectivity index (χ4v) is 3.04. The van der Waals surface area contributed by atoms with Crippen LogP contribution in [-0.4, -0.2) is 35.4 Å². The Labute approximate surface area is 106 Å². The first-order valence-electron chi connectivity index (χ1n) is 5.96. The van der Waals surface area contributed by atoms with E-state index < -0.39 is 0 Å². The number of hydrogen-bond donors (Lipinski definition) is 1. The van der Waals surface area contributed by atoms with Crippen LogP contribution >= 0.6 is 11.3 Å². The lowest BCUT2D eigenvalue weighted by Gasteiger charge is -2.30. The molecule has 1 amide bonds. The smallest absolute Gasteiger partial charge is 0.222 e. The van der Waals surface area contributed by atoms with Crippen LogP contribution in [0, 0.1) is 13.8 Å². The molecule has 0 bridgehead atoms. The van der Waals surface area contributed by atoms with E-state index in [1.165, 1.54) is 4.88 Å². The zero-order chi connectivity index (χ0) is 12.4. The highest BCUT2D eigenvalue weighted by Gasteiger charge is 2.22. The van der Waals surface area contributed by atoms with Crippen LogP contribution in [-0.2, 0) is 11.3 Å². The third kappa shape index (κ3) is 3.04. The molecule has 17 heavy (non-hydrogen) atoms. The first-order chi connectivity index (χ1) is 8.06. The number of likely N-dealkylation sites (tertiary alicyclic amines) is 1. The third-order valence-electron chi connectivity index (χ3n) is 3.18. The minimum Gasteiger partial charge on any atom is -0.344 e. The third-order valence-corrected chi connectivity index (χ3v) is 4.25. The maximum absolute atomic E-state index is 11.4. The molecule has 0 aromatic carbocycles. The molecule has 2 heterocycles. The largest absolute Gasteiger partial charge is 0.344 e. The Bertz CT molecular complexity index is 416. The summed E-state index contributed by atoms with van der Waals surface area (Å²) in [6.07, 6.45) is 1.61. The topological polar surface area (TPSA) is 45.2 Å². The first-order valence-corrected chi connectivity index (χ1v) is 6.78. The van der Waals surface area contributed by atoms with Crippen LogP contribution in [0.15, 0.2) is 0 Å². The number of aromatic nitrogens is 1. The van der Waals surface area contributed by atoms with Crippen molar-refractivity contribution in [3.63, 3.8) is 0 Å². The summed E-state index contributed by atoms with van der Waals surface area (Å²) in [5.41, 5.74) is 1.13. The van der Waals surface area contributed by atoms with Crippen molar-refractivity contribution in [2.75, 3.05) is 13.6 Å². The van der Waals surface area contributed by atoms with Crippen LogP contribution in [0.2, 0.25) is 0 Å². The predicted octanol–water partition coefficient (Wildman–Crippen LogP) is 1.47. The van der Waals surface area contributed by atoms with E-state index in [1.54, 1.807) is 11.3 Å². The zero-order valence-corrected chi connectivity index (χ0v) is 11.4. The van der Waals surface area contributed by atoms with Crippen molar-refractivity contribution < 1.29 is 4.79 Å². The van der Waals surface area contributed by atoms with E-state index in [9.17, 15) is 4.79 Å². The molecule has 0 radical (unpaired) electrons. The van der Waals surface area contributed by atoms with Crippen LogP contribution < -0.4 is 5.32 Å². The molecule has 1 atom stereocenters. The normalized spacial score (nSPS) is 21.0. The molecular formula is C12H19N3OS. The van der Waals surface area contributed by atoms with Crippen molar-refractivity contribution in [3.8, 4) is 0 Å². The number of thiazole rings is 1. The van der Waals surface area contributed by atoms with E-state index in [0.29, 0.717) is 12.5 Å². The van der Waals surface area contributed by atoms with E-state index in [2.05, 4.69) is 17.2 Å². The number of rotatable bonds is 3. The van der Waals surface area contributed by atoms with Gasteiger partial charge in [0.2, 0.25) is 5.91 Å². The Hall–Kier alpha value is -0.940. The van der Waals surface area contributed by atoms with Gasteiger partial charge in [0.25, 0.3) is 0 Å². The standard InChI is InChI=1S/C12H19N3OS/c1-8-11(17-9(2)14-8)6-13-10-4-5-12(16)15(3)7-10/h10,13H,4-7H2,1-3H3. The number of carbonyl (C=O) groups excluding carboxylic acids is 1. The summed E-state index contributed by atoms with van der Waals surface area (Å²) in [4.78, 5) is 18.9. The fraction of sp³-hybridized carbons (Fsp3) is 0.667. The lowest BCUT2D eigenvalue weighted by atomic mass is 10.1. The second kappa shape index (κ2) is 5.14. The molecule has 1 N–H and O–H groups in total. The van der Waals surface area contributed by atoms with Gasteiger partial charge in [-0.05, 0) is 20.3 Å². The quantitative estimate of drug-likeness (QED) is 0.887. The molecule has 1 fully saturated rings. The lowest BCUT2D eigenvalue weighted by Crippen LogP contribution is -2.46. The Kier molecular flexibility index (Phi) is 3.79. The van der Waals surface area contributed by atoms with Gasteiger partial charge in [0.15, 0.2) is 0 Å². The second-order valence-corrected chi connectivity index (χ2v) is 5.92. The molecular weight excluding hydrogens is 234 g/mol. The number of hydrogen-bond acceptors (Lipinski definition) is 4. The Morgan fingerprint density at radius 2 is 2.29 bits per heavy atom. The molecule has 1 aromatic rings. The maximum Gasteiger partial charge on any atom is 0.222 e. The molecule has 0 aliphatic carbocycles. The fourth-order valence-electron chi connectivity index (χ4n) is 2.15. The minimum absolute atomic E-state index is 0.257. The number of carbonyl (C=O) groups is 1. The zero-order valence-electron chi connectivity index (χ0n) is 10.6. The Morgan fingerprint density at radius 3 is 2.88 bits per heavy atom. The van der Waals surface area contributed by atoms with E-state index in [4.69, 9.17) is 0 Å². The second-order valence-electron chi connectivity index (χ2n) is 4.63. The molecule has 5 heteroatoms. The molecule has 2 rings (SSSR count). The van der Waals surface area contributed by atoms with Crippen LogP contribution in [0.4, 0.5) is 0 Å². The molecule has 1 aromatic heterocycles. The first kappa shape index (κ1) is 12.5. The van der Waals surface area contributed by atoms with Crippen molar-refractivity contribution in [2.45, 2.75) is 39.3 Å². The Balaban J connectivity index is 1.86. The van der Waals surface area contributed by atoms with E-state index >= 15 is 0 Å². The summed E-state index contributed by atoms with van der Waals surface area (Å²) >= 11 is 1.75. The van der Waals surface area contributed by atoms with Gasteiger partial charge >= 0.3 is 0 Å². The monoisotopic (exact) mass is 253 g/mol. The summed E-state index contributed by atoms with van der Waals surface area (Å²) in [5.74, 6) is 0.257. The molecule has 1 aliphatic rings. The SMILES string of the molecule is Cc1nc(C)c(CNC2CCC(=O)N(C)C2)s1. The number of nitrogens with zero attached hydrogens (tertiary/aromatic N) is 2. The van der Waals surface area contributed by atoms with Gasteiger partial charge in [-0.1, -0.05) is 0 Å². The predicted molar refractivity (Wildman–Crippen MR) is 69.1 cm³/mol. The molecule has 4 nitrogen and oxygen atoms in total. The average Bonchev–Trinajstić information content (AvgIpc) is 2.59. The van der Waals surface area contributed by atoms with Crippen molar-refractivity contribution in [2.24, 2.45) is 0 Å². The van der Waals surface area contributed by atoms with E-state index in [0.717, 1.165) is 30.2 Å². The Morgan fingerprint density at radius 1 is 1.53 bits per heavy atom. The van der Waals surface area contributed by atoms with Crippen molar-refractivity contribution in [1.29, 1.82) is 0 Å². The maximum atomic E-state index is 11.4. The summed E-state index contributed by atoms with van der Waals surface area (Å²) in [7, 11) is 1.87. The molecule has 1 saturated heterocycles. The van der Waals surface area contributed by atoms with E-state index in [1.807, 2.05) is 18.9 Å². The number of piperidine rings is 1. The highest BCUT2D eigenvalue weighted by atomic mass is 32.1. The number of nitrogens with one attached hydrogen (secondary N) is 1. The summed E-state index contributed by atoms with van der Waals surface area (Å²) in [5, 5.41) is 4.64. The van der Waals surface area contributed by atoms with Gasteiger partial charge < -0.3 is 10.2 Å². The lowest BCUT2D eigenvalue weighted by molar-refractivity contribution is -0.132. The van der Waals surface area contributed by atoms with Crippen LogP contribution in [0.5, 0.6) is 0 Å². The van der Waals surface area contributed by atoms with Crippen LogP contribution in [0.25, 0.3) is 0 Å².